The molecule has 0 spiro atoms. The number of alkyl halides is 1. The maximum Gasteiger partial charge on any atom is 0.144 e. The minimum Gasteiger partial charge on any atom is -0.362 e. The lowest BCUT2D eigenvalue weighted by atomic mass is 9.95. The summed E-state index contributed by atoms with van der Waals surface area (Å²) in [7, 11) is 0. The van der Waals surface area contributed by atoms with Crippen LogP contribution in [0, 0.1) is 6.92 Å². The standard InChI is InChI=1S/C21H22FN3S/c1-15-3-5-18(6-4-15)25-10-7-16-13-17(14-23-19(16)25)20(26)24-11-8-21(2,22)9-12-24/h3-7,10,13-14H,8-9,11-12H2,1-2H3. The molecule has 1 aromatic carbocycles. The number of fused-ring (bicyclic) bond motifs is 1. The number of halogens is 1. The van der Waals surface area contributed by atoms with Gasteiger partial charge in [-0.2, -0.15) is 0 Å². The number of benzene rings is 1. The van der Waals surface area contributed by atoms with E-state index in [2.05, 4.69) is 57.8 Å². The first-order chi connectivity index (χ1) is 12.4. The molecule has 0 radical (unpaired) electrons. The van der Waals surface area contributed by atoms with Crippen molar-refractivity contribution in [2.75, 3.05) is 13.1 Å². The van der Waals surface area contributed by atoms with E-state index >= 15 is 0 Å². The van der Waals surface area contributed by atoms with Gasteiger partial charge in [-0.25, -0.2) is 9.37 Å². The van der Waals surface area contributed by atoms with Gasteiger partial charge in [-0.1, -0.05) is 29.9 Å². The Kier molecular flexibility index (Phi) is 4.27. The monoisotopic (exact) mass is 367 g/mol. The summed E-state index contributed by atoms with van der Waals surface area (Å²) in [6.45, 7) is 5.08. The van der Waals surface area contributed by atoms with Crippen LogP contribution in [0.15, 0.2) is 48.8 Å². The summed E-state index contributed by atoms with van der Waals surface area (Å²) in [6, 6.07) is 12.5. The van der Waals surface area contributed by atoms with Crippen molar-refractivity contribution >= 4 is 28.2 Å². The number of aryl methyl sites for hydroxylation is 1. The number of nitrogens with zero attached hydrogens (tertiary/aromatic N) is 3. The number of hydrogen-bond donors (Lipinski definition) is 0. The highest BCUT2D eigenvalue weighted by atomic mass is 32.1. The van der Waals surface area contributed by atoms with Crippen molar-refractivity contribution in [3.8, 4) is 5.69 Å². The summed E-state index contributed by atoms with van der Waals surface area (Å²) in [6.07, 6.45) is 4.91. The first kappa shape index (κ1) is 17.2. The lowest BCUT2D eigenvalue weighted by Gasteiger charge is -2.35. The minimum atomic E-state index is -1.07. The Hall–Kier alpha value is -2.27. The predicted octanol–water partition coefficient (Wildman–Crippen LogP) is 4.83. The van der Waals surface area contributed by atoms with Gasteiger partial charge in [0, 0.05) is 42.1 Å². The van der Waals surface area contributed by atoms with Gasteiger partial charge in [0.15, 0.2) is 0 Å². The van der Waals surface area contributed by atoms with E-state index in [9.17, 15) is 4.39 Å². The largest absolute Gasteiger partial charge is 0.362 e. The van der Waals surface area contributed by atoms with Crippen LogP contribution < -0.4 is 0 Å². The molecule has 0 atom stereocenters. The van der Waals surface area contributed by atoms with Crippen molar-refractivity contribution in [1.82, 2.24) is 14.5 Å². The lowest BCUT2D eigenvalue weighted by Crippen LogP contribution is -2.42. The summed E-state index contributed by atoms with van der Waals surface area (Å²) < 4.78 is 16.1. The quantitative estimate of drug-likeness (QED) is 0.605. The van der Waals surface area contributed by atoms with Crippen LogP contribution in [-0.4, -0.2) is 38.2 Å². The summed E-state index contributed by atoms with van der Waals surface area (Å²) in [5.41, 5.74) is 3.09. The van der Waals surface area contributed by atoms with Crippen molar-refractivity contribution in [2.45, 2.75) is 32.4 Å². The predicted molar refractivity (Wildman–Crippen MR) is 108 cm³/mol. The molecule has 26 heavy (non-hydrogen) atoms. The Bertz CT molecular complexity index is 949. The summed E-state index contributed by atoms with van der Waals surface area (Å²) in [4.78, 5) is 7.51. The second-order valence-electron chi connectivity index (χ2n) is 7.36. The van der Waals surface area contributed by atoms with Crippen LogP contribution in [-0.2, 0) is 0 Å². The molecular weight excluding hydrogens is 345 g/mol. The first-order valence-electron chi connectivity index (χ1n) is 8.95. The molecule has 1 fully saturated rings. The number of piperidine rings is 1. The SMILES string of the molecule is Cc1ccc(-n2ccc3cc(C(=S)N4CCC(C)(F)CC4)cnc32)cc1. The summed E-state index contributed by atoms with van der Waals surface area (Å²) in [5, 5.41) is 1.05. The molecule has 3 aromatic rings. The number of hydrogen-bond acceptors (Lipinski definition) is 2. The third-order valence-corrected chi connectivity index (χ3v) is 5.67. The van der Waals surface area contributed by atoms with E-state index in [0.29, 0.717) is 25.9 Å². The van der Waals surface area contributed by atoms with Crippen LogP contribution in [0.1, 0.15) is 30.9 Å². The second kappa shape index (κ2) is 6.47. The van der Waals surface area contributed by atoms with Gasteiger partial charge in [-0.15, -0.1) is 0 Å². The maximum atomic E-state index is 14.0. The number of rotatable bonds is 2. The summed E-state index contributed by atoms with van der Waals surface area (Å²) in [5.74, 6) is 0. The molecule has 0 saturated carbocycles. The Morgan fingerprint density at radius 2 is 1.85 bits per heavy atom. The van der Waals surface area contributed by atoms with E-state index in [4.69, 9.17) is 12.2 Å². The van der Waals surface area contributed by atoms with Gasteiger partial charge in [0.2, 0.25) is 0 Å². The lowest BCUT2D eigenvalue weighted by molar-refractivity contribution is 0.105. The third-order valence-electron chi connectivity index (χ3n) is 5.18. The second-order valence-corrected chi connectivity index (χ2v) is 7.75. The molecule has 0 amide bonds. The fourth-order valence-corrected chi connectivity index (χ4v) is 3.71. The molecule has 1 saturated heterocycles. The molecule has 134 valence electrons. The van der Waals surface area contributed by atoms with Gasteiger partial charge in [0.05, 0.1) is 0 Å². The number of thiocarbonyl (C=S) groups is 1. The maximum absolute atomic E-state index is 14.0. The van der Waals surface area contributed by atoms with Crippen molar-refractivity contribution in [3.05, 3.63) is 59.9 Å². The Morgan fingerprint density at radius 3 is 2.54 bits per heavy atom. The van der Waals surface area contributed by atoms with Gasteiger partial charge in [0.1, 0.15) is 16.3 Å². The van der Waals surface area contributed by atoms with Crippen LogP contribution in [0.2, 0.25) is 0 Å². The molecule has 3 heterocycles. The molecule has 1 aliphatic rings. The van der Waals surface area contributed by atoms with Gasteiger partial charge in [-0.3, -0.25) is 0 Å². The van der Waals surface area contributed by atoms with E-state index in [1.165, 1.54) is 5.56 Å². The Morgan fingerprint density at radius 1 is 1.15 bits per heavy atom. The highest BCUT2D eigenvalue weighted by Crippen LogP contribution is 2.27. The fraction of sp³-hybridized carbons (Fsp3) is 0.333. The van der Waals surface area contributed by atoms with E-state index in [0.717, 1.165) is 27.3 Å². The minimum absolute atomic E-state index is 0.520. The first-order valence-corrected chi connectivity index (χ1v) is 9.36. The molecule has 2 aromatic heterocycles. The van der Waals surface area contributed by atoms with Crippen LogP contribution in [0.25, 0.3) is 16.7 Å². The van der Waals surface area contributed by atoms with E-state index in [1.54, 1.807) is 6.92 Å². The Balaban J connectivity index is 1.61. The van der Waals surface area contributed by atoms with Crippen molar-refractivity contribution in [2.24, 2.45) is 0 Å². The number of pyridine rings is 1. The van der Waals surface area contributed by atoms with E-state index < -0.39 is 5.67 Å². The molecular formula is C21H22FN3S. The number of aromatic nitrogens is 2. The normalized spacial score (nSPS) is 16.8. The molecule has 1 aliphatic heterocycles. The topological polar surface area (TPSA) is 21.1 Å². The average molecular weight is 367 g/mol. The van der Waals surface area contributed by atoms with Crippen LogP contribution >= 0.6 is 12.2 Å². The van der Waals surface area contributed by atoms with E-state index in [1.807, 2.05) is 12.4 Å². The molecule has 4 rings (SSSR count). The van der Waals surface area contributed by atoms with Crippen LogP contribution in [0.4, 0.5) is 4.39 Å². The molecule has 0 unspecified atom stereocenters. The highest BCUT2D eigenvalue weighted by molar-refractivity contribution is 7.80. The number of likely N-dealkylation sites (tertiary alicyclic amines) is 1. The Labute approximate surface area is 158 Å². The van der Waals surface area contributed by atoms with Crippen molar-refractivity contribution in [3.63, 3.8) is 0 Å². The van der Waals surface area contributed by atoms with Crippen LogP contribution in [0.3, 0.4) is 0 Å². The fourth-order valence-electron chi connectivity index (χ4n) is 3.41. The van der Waals surface area contributed by atoms with E-state index in [-0.39, 0.29) is 0 Å². The van der Waals surface area contributed by atoms with Gasteiger partial charge in [0.25, 0.3) is 0 Å². The van der Waals surface area contributed by atoms with Crippen molar-refractivity contribution < 1.29 is 4.39 Å². The molecule has 0 bridgehead atoms. The molecule has 0 N–H and O–H groups in total. The summed E-state index contributed by atoms with van der Waals surface area (Å²) >= 11 is 5.65. The third kappa shape index (κ3) is 3.23. The average Bonchev–Trinajstić information content (AvgIpc) is 3.05. The zero-order valence-electron chi connectivity index (χ0n) is 15.1. The van der Waals surface area contributed by atoms with Gasteiger partial charge >= 0.3 is 0 Å². The zero-order valence-corrected chi connectivity index (χ0v) is 15.9. The molecule has 5 heteroatoms. The smallest absolute Gasteiger partial charge is 0.144 e. The van der Waals surface area contributed by atoms with Gasteiger partial charge < -0.3 is 9.47 Å². The molecule has 3 nitrogen and oxygen atoms in total. The zero-order chi connectivity index (χ0) is 18.3. The molecule has 0 aliphatic carbocycles. The van der Waals surface area contributed by atoms with Crippen molar-refractivity contribution in [1.29, 1.82) is 0 Å². The van der Waals surface area contributed by atoms with Gasteiger partial charge in [-0.05, 0) is 51.0 Å². The highest BCUT2D eigenvalue weighted by Gasteiger charge is 2.30. The van der Waals surface area contributed by atoms with Crippen LogP contribution in [0.5, 0.6) is 0 Å².